The molecule has 2 rings (SSSR count). The van der Waals surface area contributed by atoms with Crippen molar-refractivity contribution < 1.29 is 14.7 Å². The zero-order valence-electron chi connectivity index (χ0n) is 10.6. The van der Waals surface area contributed by atoms with E-state index in [-0.39, 0.29) is 11.3 Å². The molecule has 0 atom stereocenters. The molecule has 2 heterocycles. The molecule has 8 nitrogen and oxygen atoms in total. The standard InChI is InChI=1S/C12H13N5O3/c18-11(10-9(12(19)20)3-1-4-13-10)14-5-2-7-17-8-6-15-16-17/h1,3-4,6,8H,2,5,7H2,(H,14,18)(H,19,20). The second-order valence-corrected chi connectivity index (χ2v) is 3.98. The molecule has 2 aromatic heterocycles. The van der Waals surface area contributed by atoms with E-state index in [9.17, 15) is 9.59 Å². The van der Waals surface area contributed by atoms with Crippen molar-refractivity contribution in [3.8, 4) is 0 Å². The van der Waals surface area contributed by atoms with E-state index in [2.05, 4.69) is 20.6 Å². The Hall–Kier alpha value is -2.77. The van der Waals surface area contributed by atoms with Crippen LogP contribution in [-0.4, -0.2) is 43.5 Å². The third-order valence-electron chi connectivity index (χ3n) is 2.57. The number of carbonyl (C=O) groups is 2. The first-order chi connectivity index (χ1) is 9.68. The summed E-state index contributed by atoms with van der Waals surface area (Å²) >= 11 is 0. The molecule has 0 fully saturated rings. The number of carboxylic acids is 1. The maximum absolute atomic E-state index is 11.9. The van der Waals surface area contributed by atoms with Gasteiger partial charge < -0.3 is 10.4 Å². The Morgan fingerprint density at radius 2 is 2.20 bits per heavy atom. The molecule has 20 heavy (non-hydrogen) atoms. The van der Waals surface area contributed by atoms with Crippen LogP contribution < -0.4 is 5.32 Å². The molecule has 8 heteroatoms. The van der Waals surface area contributed by atoms with Crippen LogP contribution >= 0.6 is 0 Å². The van der Waals surface area contributed by atoms with Crippen LogP contribution in [0, 0.1) is 0 Å². The first-order valence-corrected chi connectivity index (χ1v) is 5.99. The van der Waals surface area contributed by atoms with Crippen LogP contribution in [0.2, 0.25) is 0 Å². The third kappa shape index (κ3) is 3.37. The number of rotatable bonds is 6. The van der Waals surface area contributed by atoms with Crippen LogP contribution in [0.15, 0.2) is 30.7 Å². The highest BCUT2D eigenvalue weighted by Crippen LogP contribution is 2.05. The maximum Gasteiger partial charge on any atom is 0.338 e. The van der Waals surface area contributed by atoms with E-state index >= 15 is 0 Å². The second-order valence-electron chi connectivity index (χ2n) is 3.98. The fraction of sp³-hybridized carbons (Fsp3) is 0.250. The van der Waals surface area contributed by atoms with Gasteiger partial charge in [0, 0.05) is 25.5 Å². The van der Waals surface area contributed by atoms with E-state index < -0.39 is 11.9 Å². The average molecular weight is 275 g/mol. The number of aryl methyl sites for hydroxylation is 1. The van der Waals surface area contributed by atoms with Gasteiger partial charge in [0.15, 0.2) is 0 Å². The zero-order chi connectivity index (χ0) is 14.4. The van der Waals surface area contributed by atoms with Gasteiger partial charge in [-0.3, -0.25) is 14.5 Å². The molecule has 0 aliphatic heterocycles. The Morgan fingerprint density at radius 1 is 1.35 bits per heavy atom. The lowest BCUT2D eigenvalue weighted by Gasteiger charge is -2.06. The van der Waals surface area contributed by atoms with Gasteiger partial charge in [0.25, 0.3) is 5.91 Å². The number of aromatic carboxylic acids is 1. The third-order valence-corrected chi connectivity index (χ3v) is 2.57. The molecule has 0 saturated carbocycles. The Labute approximate surface area is 114 Å². The highest BCUT2D eigenvalue weighted by atomic mass is 16.4. The van der Waals surface area contributed by atoms with Crippen molar-refractivity contribution in [2.45, 2.75) is 13.0 Å². The summed E-state index contributed by atoms with van der Waals surface area (Å²) in [6.45, 7) is 1.02. The van der Waals surface area contributed by atoms with Crippen LogP contribution in [0.5, 0.6) is 0 Å². The summed E-state index contributed by atoms with van der Waals surface area (Å²) in [6.07, 6.45) is 5.34. The molecule has 0 aliphatic rings. The number of carboxylic acid groups (broad SMARTS) is 1. The van der Waals surface area contributed by atoms with Gasteiger partial charge in [0.2, 0.25) is 0 Å². The van der Waals surface area contributed by atoms with Crippen molar-refractivity contribution in [2.75, 3.05) is 6.54 Å². The van der Waals surface area contributed by atoms with Crippen LogP contribution in [0.1, 0.15) is 27.3 Å². The van der Waals surface area contributed by atoms with E-state index in [1.807, 2.05) is 0 Å². The van der Waals surface area contributed by atoms with Crippen molar-refractivity contribution in [2.24, 2.45) is 0 Å². The molecule has 0 bridgehead atoms. The Balaban J connectivity index is 1.87. The second kappa shape index (κ2) is 6.41. The number of amides is 1. The number of hydrogen-bond acceptors (Lipinski definition) is 5. The normalized spacial score (nSPS) is 10.2. The lowest BCUT2D eigenvalue weighted by Crippen LogP contribution is -2.28. The lowest BCUT2D eigenvalue weighted by molar-refractivity contribution is 0.0690. The van der Waals surface area contributed by atoms with Crippen LogP contribution in [0.4, 0.5) is 0 Å². The van der Waals surface area contributed by atoms with Crippen LogP contribution in [-0.2, 0) is 6.54 Å². The van der Waals surface area contributed by atoms with E-state index in [4.69, 9.17) is 5.11 Å². The summed E-state index contributed by atoms with van der Waals surface area (Å²) in [5.41, 5.74) is -0.193. The summed E-state index contributed by atoms with van der Waals surface area (Å²) in [6, 6.07) is 2.82. The SMILES string of the molecule is O=C(O)c1cccnc1C(=O)NCCCn1ccnn1. The molecule has 0 saturated heterocycles. The molecule has 0 aromatic carbocycles. The highest BCUT2D eigenvalue weighted by Gasteiger charge is 2.16. The van der Waals surface area contributed by atoms with Gasteiger partial charge in [-0.25, -0.2) is 4.79 Å². The minimum Gasteiger partial charge on any atom is -0.478 e. The summed E-state index contributed by atoms with van der Waals surface area (Å²) in [4.78, 5) is 26.6. The van der Waals surface area contributed by atoms with E-state index in [0.29, 0.717) is 19.5 Å². The van der Waals surface area contributed by atoms with Gasteiger partial charge >= 0.3 is 5.97 Å². The van der Waals surface area contributed by atoms with Crippen LogP contribution in [0.25, 0.3) is 0 Å². The van der Waals surface area contributed by atoms with Crippen molar-refractivity contribution >= 4 is 11.9 Å². The summed E-state index contributed by atoms with van der Waals surface area (Å²) in [5.74, 6) is -1.67. The molecule has 0 radical (unpaired) electrons. The predicted octanol–water partition coefficient (Wildman–Crippen LogP) is 0.191. The van der Waals surface area contributed by atoms with Gasteiger partial charge in [0.05, 0.1) is 11.8 Å². The Bertz CT molecular complexity index is 597. The average Bonchev–Trinajstić information content (AvgIpc) is 2.96. The Kier molecular flexibility index (Phi) is 4.38. The fourth-order valence-corrected chi connectivity index (χ4v) is 1.64. The minimum atomic E-state index is -1.18. The number of pyridine rings is 1. The number of hydrogen-bond donors (Lipinski definition) is 2. The van der Waals surface area contributed by atoms with Crippen molar-refractivity contribution in [3.05, 3.63) is 42.0 Å². The molecular weight excluding hydrogens is 262 g/mol. The topological polar surface area (TPSA) is 110 Å². The lowest BCUT2D eigenvalue weighted by atomic mass is 10.2. The van der Waals surface area contributed by atoms with Crippen molar-refractivity contribution in [1.29, 1.82) is 0 Å². The van der Waals surface area contributed by atoms with Crippen molar-refractivity contribution in [1.82, 2.24) is 25.3 Å². The van der Waals surface area contributed by atoms with Crippen molar-refractivity contribution in [3.63, 3.8) is 0 Å². The first kappa shape index (κ1) is 13.7. The Morgan fingerprint density at radius 3 is 2.90 bits per heavy atom. The monoisotopic (exact) mass is 275 g/mol. The first-order valence-electron chi connectivity index (χ1n) is 5.99. The predicted molar refractivity (Wildman–Crippen MR) is 68.2 cm³/mol. The largest absolute Gasteiger partial charge is 0.478 e. The molecule has 0 aliphatic carbocycles. The fourth-order valence-electron chi connectivity index (χ4n) is 1.64. The van der Waals surface area contributed by atoms with Gasteiger partial charge in [-0.15, -0.1) is 5.10 Å². The van der Waals surface area contributed by atoms with Crippen LogP contribution in [0.3, 0.4) is 0 Å². The smallest absolute Gasteiger partial charge is 0.338 e. The van der Waals surface area contributed by atoms with Gasteiger partial charge in [-0.2, -0.15) is 0 Å². The molecule has 1 amide bonds. The summed E-state index contributed by atoms with van der Waals surface area (Å²) in [7, 11) is 0. The van der Waals surface area contributed by atoms with Gasteiger partial charge in [-0.05, 0) is 18.6 Å². The van der Waals surface area contributed by atoms with E-state index in [0.717, 1.165) is 0 Å². The quantitative estimate of drug-likeness (QED) is 0.728. The number of nitrogens with zero attached hydrogens (tertiary/aromatic N) is 4. The maximum atomic E-state index is 11.9. The van der Waals surface area contributed by atoms with Gasteiger partial charge in [-0.1, -0.05) is 5.21 Å². The molecule has 2 N–H and O–H groups in total. The number of carbonyl (C=O) groups excluding carboxylic acids is 1. The van der Waals surface area contributed by atoms with E-state index in [1.165, 1.54) is 18.3 Å². The van der Waals surface area contributed by atoms with E-state index in [1.54, 1.807) is 17.1 Å². The molecule has 2 aromatic rings. The summed E-state index contributed by atoms with van der Waals surface area (Å²) < 4.78 is 1.65. The molecule has 0 spiro atoms. The molecular formula is C12H13N5O3. The highest BCUT2D eigenvalue weighted by molar-refractivity contribution is 6.03. The summed E-state index contributed by atoms with van der Waals surface area (Å²) in [5, 5.41) is 19.1. The minimum absolute atomic E-state index is 0.0826. The number of aromatic nitrogens is 4. The molecule has 104 valence electrons. The van der Waals surface area contributed by atoms with Gasteiger partial charge in [0.1, 0.15) is 5.69 Å². The number of nitrogens with one attached hydrogen (secondary N) is 1. The molecule has 0 unspecified atom stereocenters. The zero-order valence-corrected chi connectivity index (χ0v) is 10.6.